The van der Waals surface area contributed by atoms with Crippen LogP contribution in [0.5, 0.6) is 11.5 Å². The molecule has 3 heterocycles. The Bertz CT molecular complexity index is 1070. The Labute approximate surface area is 161 Å². The molecule has 0 aliphatic heterocycles. The normalized spacial score (nSPS) is 10.9. The molecule has 0 aliphatic rings. The summed E-state index contributed by atoms with van der Waals surface area (Å²) in [5.74, 6) is 2.95. The maximum atomic E-state index is 6.20. The molecule has 0 fully saturated rings. The quantitative estimate of drug-likeness (QED) is 0.514. The molecule has 138 valence electrons. The standard InChI is InChI=1S/C20H18ClN3O3/c1-25-16-7-5-13(10-17(16)26-2)19-20(22-11-15-4-3-9-27-15)24-12-14(21)6-8-18(24)23-19/h3-10,12,22H,11H2,1-2H3. The van der Waals surface area contributed by atoms with E-state index in [2.05, 4.69) is 5.32 Å². The molecule has 1 aromatic carbocycles. The van der Waals surface area contributed by atoms with Gasteiger partial charge in [0.25, 0.3) is 0 Å². The Morgan fingerprint density at radius 2 is 1.96 bits per heavy atom. The van der Waals surface area contributed by atoms with Crippen molar-refractivity contribution >= 4 is 23.1 Å². The highest BCUT2D eigenvalue weighted by Gasteiger charge is 2.17. The molecule has 4 aromatic rings. The van der Waals surface area contributed by atoms with Gasteiger partial charge in [-0.15, -0.1) is 0 Å². The van der Waals surface area contributed by atoms with Crippen molar-refractivity contribution < 1.29 is 13.9 Å². The number of hydrogen-bond donors (Lipinski definition) is 1. The number of hydrogen-bond acceptors (Lipinski definition) is 5. The molecular formula is C20H18ClN3O3. The van der Waals surface area contributed by atoms with Crippen LogP contribution < -0.4 is 14.8 Å². The zero-order valence-corrected chi connectivity index (χ0v) is 15.7. The number of rotatable bonds is 6. The number of ether oxygens (including phenoxy) is 2. The molecule has 0 atom stereocenters. The van der Waals surface area contributed by atoms with Crippen molar-refractivity contribution in [2.75, 3.05) is 19.5 Å². The molecule has 27 heavy (non-hydrogen) atoms. The van der Waals surface area contributed by atoms with Crippen LogP contribution >= 0.6 is 11.6 Å². The second-order valence-corrected chi connectivity index (χ2v) is 6.32. The zero-order valence-electron chi connectivity index (χ0n) is 14.9. The van der Waals surface area contributed by atoms with Crippen LogP contribution in [0.4, 0.5) is 5.82 Å². The fourth-order valence-electron chi connectivity index (χ4n) is 2.96. The Hall–Kier alpha value is -3.12. The molecule has 4 rings (SSSR count). The Balaban J connectivity index is 1.82. The van der Waals surface area contributed by atoms with E-state index in [1.165, 1.54) is 0 Å². The first kappa shape index (κ1) is 17.3. The number of methoxy groups -OCH3 is 2. The number of pyridine rings is 1. The third kappa shape index (κ3) is 3.31. The number of nitrogens with one attached hydrogen (secondary N) is 1. The lowest BCUT2D eigenvalue weighted by molar-refractivity contribution is 0.355. The highest BCUT2D eigenvalue weighted by Crippen LogP contribution is 2.36. The number of halogens is 1. The van der Waals surface area contributed by atoms with E-state index in [9.17, 15) is 0 Å². The first-order valence-electron chi connectivity index (χ1n) is 8.36. The van der Waals surface area contributed by atoms with Crippen LogP contribution in [0, 0.1) is 0 Å². The minimum absolute atomic E-state index is 0.521. The summed E-state index contributed by atoms with van der Waals surface area (Å²) in [6.45, 7) is 0.521. The van der Waals surface area contributed by atoms with Crippen LogP contribution in [0.1, 0.15) is 5.76 Å². The van der Waals surface area contributed by atoms with Crippen LogP contribution in [0.15, 0.2) is 59.3 Å². The third-order valence-corrected chi connectivity index (χ3v) is 4.47. The van der Waals surface area contributed by atoms with Gasteiger partial charge in [0.05, 0.1) is 32.1 Å². The summed E-state index contributed by atoms with van der Waals surface area (Å²) in [5.41, 5.74) is 2.46. The van der Waals surface area contributed by atoms with Gasteiger partial charge in [0.2, 0.25) is 0 Å². The number of benzene rings is 1. The zero-order chi connectivity index (χ0) is 18.8. The number of anilines is 1. The van der Waals surface area contributed by atoms with Crippen molar-refractivity contribution in [1.29, 1.82) is 0 Å². The maximum Gasteiger partial charge on any atom is 0.161 e. The Morgan fingerprint density at radius 3 is 2.70 bits per heavy atom. The molecule has 3 aromatic heterocycles. The Kier molecular flexibility index (Phi) is 4.64. The third-order valence-electron chi connectivity index (χ3n) is 4.25. The fraction of sp³-hybridized carbons (Fsp3) is 0.150. The Morgan fingerprint density at radius 1 is 1.11 bits per heavy atom. The maximum absolute atomic E-state index is 6.20. The molecule has 0 spiro atoms. The van der Waals surface area contributed by atoms with Gasteiger partial charge >= 0.3 is 0 Å². The van der Waals surface area contributed by atoms with Crippen LogP contribution in [0.3, 0.4) is 0 Å². The number of nitrogens with zero attached hydrogens (tertiary/aromatic N) is 2. The highest BCUT2D eigenvalue weighted by atomic mass is 35.5. The SMILES string of the molecule is COc1ccc(-c2nc3ccc(Cl)cn3c2NCc2ccco2)cc1OC. The molecular weight excluding hydrogens is 366 g/mol. The van der Waals surface area contributed by atoms with Crippen molar-refractivity contribution in [2.45, 2.75) is 6.54 Å². The van der Waals surface area contributed by atoms with Crippen LogP contribution in [-0.4, -0.2) is 23.6 Å². The van der Waals surface area contributed by atoms with Gasteiger partial charge in [-0.2, -0.15) is 0 Å². The van der Waals surface area contributed by atoms with E-state index in [1.807, 2.05) is 53.1 Å². The molecule has 0 unspecified atom stereocenters. The van der Waals surface area contributed by atoms with E-state index in [-0.39, 0.29) is 0 Å². The van der Waals surface area contributed by atoms with E-state index < -0.39 is 0 Å². The molecule has 0 amide bonds. The summed E-state index contributed by atoms with van der Waals surface area (Å²) in [7, 11) is 3.22. The van der Waals surface area contributed by atoms with Crippen LogP contribution in [0.25, 0.3) is 16.9 Å². The van der Waals surface area contributed by atoms with Crippen LogP contribution in [-0.2, 0) is 6.54 Å². The second kappa shape index (κ2) is 7.25. The summed E-state index contributed by atoms with van der Waals surface area (Å²) in [5, 5.41) is 4.03. The van der Waals surface area contributed by atoms with E-state index >= 15 is 0 Å². The summed E-state index contributed by atoms with van der Waals surface area (Å²) < 4.78 is 18.1. The topological polar surface area (TPSA) is 60.9 Å². The predicted molar refractivity (Wildman–Crippen MR) is 105 cm³/mol. The van der Waals surface area contributed by atoms with Crippen LogP contribution in [0.2, 0.25) is 5.02 Å². The van der Waals surface area contributed by atoms with Gasteiger partial charge in [-0.05, 0) is 42.5 Å². The minimum Gasteiger partial charge on any atom is -0.493 e. The number of aromatic nitrogens is 2. The van der Waals surface area contributed by atoms with Gasteiger partial charge in [0, 0.05) is 11.8 Å². The van der Waals surface area contributed by atoms with Gasteiger partial charge in [-0.25, -0.2) is 4.98 Å². The molecule has 0 saturated carbocycles. The molecule has 1 N–H and O–H groups in total. The lowest BCUT2D eigenvalue weighted by Gasteiger charge is -2.11. The van der Waals surface area contributed by atoms with Gasteiger partial charge in [0.1, 0.15) is 22.9 Å². The molecule has 6 nitrogen and oxygen atoms in total. The molecule has 0 bridgehead atoms. The number of fused-ring (bicyclic) bond motifs is 1. The summed E-state index contributed by atoms with van der Waals surface area (Å²) >= 11 is 6.20. The summed E-state index contributed by atoms with van der Waals surface area (Å²) in [4.78, 5) is 4.77. The molecule has 0 radical (unpaired) electrons. The van der Waals surface area contributed by atoms with E-state index in [1.54, 1.807) is 20.5 Å². The van der Waals surface area contributed by atoms with E-state index in [0.29, 0.717) is 23.1 Å². The molecule has 0 aliphatic carbocycles. The molecule has 7 heteroatoms. The summed E-state index contributed by atoms with van der Waals surface area (Å²) in [6.07, 6.45) is 3.48. The number of furan rings is 1. The fourth-order valence-corrected chi connectivity index (χ4v) is 3.12. The van der Waals surface area contributed by atoms with Crippen molar-refractivity contribution in [3.05, 3.63) is 65.7 Å². The molecule has 0 saturated heterocycles. The second-order valence-electron chi connectivity index (χ2n) is 5.89. The van der Waals surface area contributed by atoms with Gasteiger partial charge in [-0.3, -0.25) is 4.40 Å². The van der Waals surface area contributed by atoms with E-state index in [4.69, 9.17) is 30.5 Å². The lowest BCUT2D eigenvalue weighted by atomic mass is 10.1. The van der Waals surface area contributed by atoms with Crippen molar-refractivity contribution in [1.82, 2.24) is 9.38 Å². The van der Waals surface area contributed by atoms with Gasteiger partial charge in [-0.1, -0.05) is 11.6 Å². The van der Waals surface area contributed by atoms with Gasteiger partial charge < -0.3 is 19.2 Å². The van der Waals surface area contributed by atoms with Gasteiger partial charge in [0.15, 0.2) is 11.5 Å². The van der Waals surface area contributed by atoms with Crippen molar-refractivity contribution in [3.63, 3.8) is 0 Å². The summed E-state index contributed by atoms with van der Waals surface area (Å²) in [6, 6.07) is 13.2. The first-order chi connectivity index (χ1) is 13.2. The lowest BCUT2D eigenvalue weighted by Crippen LogP contribution is -2.02. The monoisotopic (exact) mass is 383 g/mol. The van der Waals surface area contributed by atoms with E-state index in [0.717, 1.165) is 28.5 Å². The average Bonchev–Trinajstić information content (AvgIpc) is 3.33. The highest BCUT2D eigenvalue weighted by molar-refractivity contribution is 6.30. The van der Waals surface area contributed by atoms with Crippen molar-refractivity contribution in [2.24, 2.45) is 0 Å². The average molecular weight is 384 g/mol. The number of imidazole rings is 1. The first-order valence-corrected chi connectivity index (χ1v) is 8.73. The van der Waals surface area contributed by atoms with Crippen molar-refractivity contribution in [3.8, 4) is 22.8 Å². The minimum atomic E-state index is 0.521. The largest absolute Gasteiger partial charge is 0.493 e. The smallest absolute Gasteiger partial charge is 0.161 e. The predicted octanol–water partition coefficient (Wildman–Crippen LogP) is 4.88.